The maximum atomic E-state index is 4.77. The SMILES string of the molecule is c1ccc(P(c2ccccc2)c2ccccc2-c2cn(-c3ccccc3P(c3ccccc3)c3ccccc3)nn2)cc1. The van der Waals surface area contributed by atoms with E-state index in [1.165, 1.54) is 31.8 Å². The number of hydrogen-bond donors (Lipinski definition) is 0. The molecule has 7 aromatic rings. The molecule has 5 heteroatoms. The van der Waals surface area contributed by atoms with Crippen molar-refractivity contribution in [1.29, 1.82) is 0 Å². The Morgan fingerprint density at radius 1 is 0.395 bits per heavy atom. The second-order valence-corrected chi connectivity index (χ2v) is 14.4. The van der Waals surface area contributed by atoms with E-state index in [1.807, 2.05) is 4.68 Å². The fourth-order valence-electron chi connectivity index (χ4n) is 5.40. The van der Waals surface area contributed by atoms with Gasteiger partial charge in [0, 0.05) is 10.9 Å². The summed E-state index contributed by atoms with van der Waals surface area (Å²) in [6.07, 6.45) is 2.09. The van der Waals surface area contributed by atoms with Crippen LogP contribution in [-0.4, -0.2) is 15.0 Å². The molecule has 0 unspecified atom stereocenters. The van der Waals surface area contributed by atoms with E-state index in [-0.39, 0.29) is 0 Å². The van der Waals surface area contributed by atoms with E-state index in [4.69, 9.17) is 10.3 Å². The molecule has 6 aromatic carbocycles. The average molecular weight is 590 g/mol. The maximum Gasteiger partial charge on any atom is 0.114 e. The van der Waals surface area contributed by atoms with Crippen molar-refractivity contribution >= 4 is 47.7 Å². The molecule has 0 fully saturated rings. The Labute approximate surface area is 255 Å². The molecule has 0 radical (unpaired) electrons. The molecular formula is C38H29N3P2. The predicted molar refractivity (Wildman–Crippen MR) is 184 cm³/mol. The largest absolute Gasteiger partial charge is 0.219 e. The Kier molecular flexibility index (Phi) is 8.01. The van der Waals surface area contributed by atoms with E-state index in [2.05, 4.69) is 176 Å². The molecular weight excluding hydrogens is 560 g/mol. The Balaban J connectivity index is 1.34. The van der Waals surface area contributed by atoms with Crippen LogP contribution in [0.1, 0.15) is 0 Å². The first-order valence-corrected chi connectivity index (χ1v) is 17.0. The van der Waals surface area contributed by atoms with Crippen molar-refractivity contribution < 1.29 is 0 Å². The molecule has 0 N–H and O–H groups in total. The minimum atomic E-state index is -0.798. The Hall–Kier alpha value is -4.68. The van der Waals surface area contributed by atoms with Crippen molar-refractivity contribution in [2.45, 2.75) is 0 Å². The van der Waals surface area contributed by atoms with Gasteiger partial charge >= 0.3 is 0 Å². The summed E-state index contributed by atoms with van der Waals surface area (Å²) in [5.41, 5.74) is 3.03. The van der Waals surface area contributed by atoms with Crippen LogP contribution in [0.3, 0.4) is 0 Å². The summed E-state index contributed by atoms with van der Waals surface area (Å²) in [5.74, 6) is 0. The zero-order valence-electron chi connectivity index (χ0n) is 23.5. The molecule has 1 heterocycles. The first-order chi connectivity index (χ1) is 21.4. The van der Waals surface area contributed by atoms with Crippen LogP contribution in [0, 0.1) is 0 Å². The maximum absolute atomic E-state index is 4.77. The number of aromatic nitrogens is 3. The first-order valence-electron chi connectivity index (χ1n) is 14.3. The van der Waals surface area contributed by atoms with Crippen molar-refractivity contribution in [3.63, 3.8) is 0 Å². The van der Waals surface area contributed by atoms with E-state index in [0.29, 0.717) is 0 Å². The highest BCUT2D eigenvalue weighted by Gasteiger charge is 2.23. The molecule has 0 atom stereocenters. The van der Waals surface area contributed by atoms with E-state index >= 15 is 0 Å². The van der Waals surface area contributed by atoms with E-state index in [0.717, 1.165) is 16.9 Å². The molecule has 3 nitrogen and oxygen atoms in total. The molecule has 0 amide bonds. The molecule has 0 aliphatic carbocycles. The Bertz CT molecular complexity index is 1700. The monoisotopic (exact) mass is 589 g/mol. The lowest BCUT2D eigenvalue weighted by Crippen LogP contribution is -2.24. The van der Waals surface area contributed by atoms with Gasteiger partial charge in [-0.2, -0.15) is 0 Å². The second kappa shape index (κ2) is 12.7. The summed E-state index contributed by atoms with van der Waals surface area (Å²) in [4.78, 5) is 0. The van der Waals surface area contributed by atoms with Crippen LogP contribution in [0.15, 0.2) is 176 Å². The van der Waals surface area contributed by atoms with Gasteiger partial charge in [-0.15, -0.1) is 5.10 Å². The summed E-state index contributed by atoms with van der Waals surface area (Å²) < 4.78 is 1.95. The molecule has 43 heavy (non-hydrogen) atoms. The van der Waals surface area contributed by atoms with Crippen LogP contribution >= 0.6 is 15.8 Å². The third-order valence-electron chi connectivity index (χ3n) is 7.34. The highest BCUT2D eigenvalue weighted by Crippen LogP contribution is 2.38. The van der Waals surface area contributed by atoms with Gasteiger partial charge in [-0.05, 0) is 48.4 Å². The molecule has 7 rings (SSSR count). The van der Waals surface area contributed by atoms with Gasteiger partial charge in [0.15, 0.2) is 0 Å². The molecule has 1 aromatic heterocycles. The zero-order chi connectivity index (χ0) is 28.8. The van der Waals surface area contributed by atoms with Crippen LogP contribution in [0.2, 0.25) is 0 Å². The lowest BCUT2D eigenvalue weighted by atomic mass is 10.2. The minimum Gasteiger partial charge on any atom is -0.219 e. The summed E-state index contributed by atoms with van der Waals surface area (Å²) >= 11 is 0. The fraction of sp³-hybridized carbons (Fsp3) is 0. The molecule has 0 aliphatic heterocycles. The van der Waals surface area contributed by atoms with Gasteiger partial charge in [-0.1, -0.05) is 169 Å². The normalized spacial score (nSPS) is 11.2. The number of para-hydroxylation sites is 1. The number of hydrogen-bond acceptors (Lipinski definition) is 2. The lowest BCUT2D eigenvalue weighted by Gasteiger charge is -2.22. The molecule has 0 spiro atoms. The third kappa shape index (κ3) is 5.71. The smallest absolute Gasteiger partial charge is 0.114 e. The zero-order valence-corrected chi connectivity index (χ0v) is 25.3. The van der Waals surface area contributed by atoms with Crippen molar-refractivity contribution in [2.24, 2.45) is 0 Å². The van der Waals surface area contributed by atoms with Crippen molar-refractivity contribution in [1.82, 2.24) is 15.0 Å². The quantitative estimate of drug-likeness (QED) is 0.191. The number of nitrogens with zero attached hydrogens (tertiary/aromatic N) is 3. The molecule has 0 aliphatic rings. The van der Waals surface area contributed by atoms with Crippen LogP contribution in [0.4, 0.5) is 0 Å². The summed E-state index contributed by atoms with van der Waals surface area (Å²) in [6, 6.07) is 60.4. The minimum absolute atomic E-state index is 0.786. The van der Waals surface area contributed by atoms with Crippen LogP contribution in [-0.2, 0) is 0 Å². The second-order valence-electron chi connectivity index (χ2n) is 10.1. The van der Waals surface area contributed by atoms with E-state index < -0.39 is 15.8 Å². The topological polar surface area (TPSA) is 30.7 Å². The number of benzene rings is 6. The molecule has 0 saturated heterocycles. The number of rotatable bonds is 8. The van der Waals surface area contributed by atoms with Gasteiger partial charge < -0.3 is 0 Å². The van der Waals surface area contributed by atoms with Gasteiger partial charge in [0.05, 0.1) is 11.9 Å². The molecule has 206 valence electrons. The Morgan fingerprint density at radius 3 is 1.30 bits per heavy atom. The third-order valence-corrected chi connectivity index (χ3v) is 12.3. The summed E-state index contributed by atoms with van der Waals surface area (Å²) in [7, 11) is -1.58. The highest BCUT2D eigenvalue weighted by molar-refractivity contribution is 7.80. The first kappa shape index (κ1) is 27.2. The fourth-order valence-corrected chi connectivity index (χ4v) is 10.3. The lowest BCUT2D eigenvalue weighted by molar-refractivity contribution is 0.807. The van der Waals surface area contributed by atoms with E-state index in [1.54, 1.807) is 0 Å². The van der Waals surface area contributed by atoms with Crippen LogP contribution in [0.25, 0.3) is 16.9 Å². The van der Waals surface area contributed by atoms with Gasteiger partial charge in [0.25, 0.3) is 0 Å². The highest BCUT2D eigenvalue weighted by atomic mass is 31.1. The summed E-state index contributed by atoms with van der Waals surface area (Å²) in [5, 5.41) is 17.2. The van der Waals surface area contributed by atoms with E-state index in [9.17, 15) is 0 Å². The summed E-state index contributed by atoms with van der Waals surface area (Å²) in [6.45, 7) is 0. The van der Waals surface area contributed by atoms with Gasteiger partial charge in [0.1, 0.15) is 5.69 Å². The van der Waals surface area contributed by atoms with Crippen LogP contribution in [0.5, 0.6) is 0 Å². The van der Waals surface area contributed by atoms with Crippen molar-refractivity contribution in [2.75, 3.05) is 0 Å². The molecule has 0 bridgehead atoms. The van der Waals surface area contributed by atoms with Crippen LogP contribution < -0.4 is 31.8 Å². The Morgan fingerprint density at radius 2 is 0.791 bits per heavy atom. The van der Waals surface area contributed by atoms with Gasteiger partial charge in [-0.25, -0.2) is 4.68 Å². The predicted octanol–water partition coefficient (Wildman–Crippen LogP) is 6.45. The van der Waals surface area contributed by atoms with Gasteiger partial charge in [-0.3, -0.25) is 0 Å². The van der Waals surface area contributed by atoms with Crippen molar-refractivity contribution in [3.05, 3.63) is 176 Å². The standard InChI is InChI=1S/C38H29N3P2/c1-5-17-30(18-6-1)42(31-19-7-2-8-20-31)37-27-15-13-25-34(37)35-29-41(40-39-35)36-26-14-16-28-38(36)43(32-21-9-3-10-22-32)33-23-11-4-12-24-33/h1-29H. The van der Waals surface area contributed by atoms with Crippen molar-refractivity contribution in [3.8, 4) is 16.9 Å². The van der Waals surface area contributed by atoms with Gasteiger partial charge in [0.2, 0.25) is 0 Å². The molecule has 0 saturated carbocycles. The average Bonchev–Trinajstić information content (AvgIpc) is 3.58.